The predicted octanol–water partition coefficient (Wildman–Crippen LogP) is 2.07. The van der Waals surface area contributed by atoms with Crippen molar-refractivity contribution in [2.24, 2.45) is 0 Å². The maximum atomic E-state index is 5.37. The summed E-state index contributed by atoms with van der Waals surface area (Å²) in [6.07, 6.45) is 3.49. The Morgan fingerprint density at radius 1 is 1.21 bits per heavy atom. The molecule has 0 bridgehead atoms. The summed E-state index contributed by atoms with van der Waals surface area (Å²) in [7, 11) is 0. The summed E-state index contributed by atoms with van der Waals surface area (Å²) < 4.78 is 5.37. The van der Waals surface area contributed by atoms with Crippen LogP contribution in [-0.2, 0) is 0 Å². The number of nitrogens with one attached hydrogen (secondary N) is 1. The zero-order valence-electron chi connectivity index (χ0n) is 11.3. The normalized spacial score (nSPS) is 10.3. The van der Waals surface area contributed by atoms with Crippen LogP contribution in [-0.4, -0.2) is 33.1 Å². The highest BCUT2D eigenvalue weighted by atomic mass is 16.5. The monoisotopic (exact) mass is 259 g/mol. The van der Waals surface area contributed by atoms with Gasteiger partial charge in [0.15, 0.2) is 5.82 Å². The molecule has 19 heavy (non-hydrogen) atoms. The molecule has 0 spiro atoms. The van der Waals surface area contributed by atoms with Gasteiger partial charge in [-0.3, -0.25) is 4.98 Å². The Morgan fingerprint density at radius 2 is 2.05 bits per heavy atom. The summed E-state index contributed by atoms with van der Waals surface area (Å²) in [5, 5.41) is 3.07. The molecular formula is C13H17N5O. The minimum Gasteiger partial charge on any atom is -0.464 e. The van der Waals surface area contributed by atoms with Gasteiger partial charge in [-0.05, 0) is 32.4 Å². The molecule has 0 saturated carbocycles. The van der Waals surface area contributed by atoms with E-state index in [-0.39, 0.29) is 0 Å². The van der Waals surface area contributed by atoms with Crippen molar-refractivity contribution in [1.29, 1.82) is 0 Å². The van der Waals surface area contributed by atoms with Crippen LogP contribution < -0.4 is 10.1 Å². The van der Waals surface area contributed by atoms with E-state index in [9.17, 15) is 0 Å². The highest BCUT2D eigenvalue weighted by Gasteiger charge is 2.10. The molecule has 2 aromatic rings. The smallest absolute Gasteiger partial charge is 0.321 e. The van der Waals surface area contributed by atoms with E-state index < -0.39 is 0 Å². The van der Waals surface area contributed by atoms with E-state index in [1.54, 1.807) is 12.4 Å². The van der Waals surface area contributed by atoms with Gasteiger partial charge in [-0.1, -0.05) is 0 Å². The molecule has 100 valence electrons. The zero-order chi connectivity index (χ0) is 13.7. The number of pyridine rings is 1. The largest absolute Gasteiger partial charge is 0.464 e. The molecule has 0 aliphatic carbocycles. The number of nitrogens with zero attached hydrogens (tertiary/aromatic N) is 4. The Labute approximate surface area is 112 Å². The van der Waals surface area contributed by atoms with E-state index in [1.807, 2.05) is 26.8 Å². The number of aromatic nitrogens is 4. The lowest BCUT2D eigenvalue weighted by Gasteiger charge is -2.08. The van der Waals surface area contributed by atoms with E-state index in [2.05, 4.69) is 25.3 Å². The van der Waals surface area contributed by atoms with Crippen molar-refractivity contribution < 1.29 is 4.74 Å². The summed E-state index contributed by atoms with van der Waals surface area (Å²) in [6, 6.07) is 2.25. The molecule has 2 heterocycles. The van der Waals surface area contributed by atoms with Gasteiger partial charge in [-0.25, -0.2) is 0 Å². The highest BCUT2D eigenvalue weighted by Crippen LogP contribution is 2.21. The van der Waals surface area contributed by atoms with E-state index >= 15 is 0 Å². The first-order chi connectivity index (χ1) is 9.24. The number of hydrogen-bond donors (Lipinski definition) is 1. The summed E-state index contributed by atoms with van der Waals surface area (Å²) in [4.78, 5) is 17.0. The van der Waals surface area contributed by atoms with Gasteiger partial charge in [-0.15, -0.1) is 0 Å². The molecule has 6 nitrogen and oxygen atoms in total. The van der Waals surface area contributed by atoms with Gasteiger partial charge in [0.25, 0.3) is 0 Å². The Kier molecular flexibility index (Phi) is 4.22. The third-order valence-electron chi connectivity index (χ3n) is 2.50. The van der Waals surface area contributed by atoms with Crippen molar-refractivity contribution in [1.82, 2.24) is 19.9 Å². The average molecular weight is 259 g/mol. The first-order valence-electron chi connectivity index (χ1n) is 6.28. The molecule has 0 radical (unpaired) electrons. The minimum absolute atomic E-state index is 0.326. The molecule has 0 amide bonds. The molecule has 0 fully saturated rings. The summed E-state index contributed by atoms with van der Waals surface area (Å²) >= 11 is 0. The van der Waals surface area contributed by atoms with Crippen molar-refractivity contribution in [3.63, 3.8) is 0 Å². The Balaban J connectivity index is 2.46. The lowest BCUT2D eigenvalue weighted by atomic mass is 10.1. The van der Waals surface area contributed by atoms with E-state index in [0.717, 1.165) is 17.7 Å². The van der Waals surface area contributed by atoms with Gasteiger partial charge in [0.05, 0.1) is 6.61 Å². The van der Waals surface area contributed by atoms with Crippen LogP contribution in [0.4, 0.5) is 5.95 Å². The van der Waals surface area contributed by atoms with Crippen LogP contribution in [0.5, 0.6) is 6.01 Å². The topological polar surface area (TPSA) is 72.8 Å². The maximum absolute atomic E-state index is 5.37. The first-order valence-corrected chi connectivity index (χ1v) is 6.28. The lowest BCUT2D eigenvalue weighted by Crippen LogP contribution is -2.08. The maximum Gasteiger partial charge on any atom is 0.321 e. The zero-order valence-corrected chi connectivity index (χ0v) is 11.3. The van der Waals surface area contributed by atoms with Crippen LogP contribution in [0.15, 0.2) is 18.5 Å². The van der Waals surface area contributed by atoms with Gasteiger partial charge in [-0.2, -0.15) is 15.0 Å². The van der Waals surface area contributed by atoms with Crippen LogP contribution in [0.2, 0.25) is 0 Å². The third kappa shape index (κ3) is 3.15. The van der Waals surface area contributed by atoms with Crippen LogP contribution in [0.1, 0.15) is 19.4 Å². The molecule has 2 aromatic heterocycles. The van der Waals surface area contributed by atoms with Crippen LogP contribution in [0.25, 0.3) is 11.4 Å². The molecule has 1 N–H and O–H groups in total. The SMILES string of the molecule is CCNc1nc(OCC)nc(-c2cnccc2C)n1. The molecular weight excluding hydrogens is 242 g/mol. The fourth-order valence-electron chi connectivity index (χ4n) is 1.61. The Morgan fingerprint density at radius 3 is 2.74 bits per heavy atom. The van der Waals surface area contributed by atoms with Crippen LogP contribution in [0, 0.1) is 6.92 Å². The van der Waals surface area contributed by atoms with Crippen molar-refractivity contribution in [2.75, 3.05) is 18.5 Å². The summed E-state index contributed by atoms with van der Waals surface area (Å²) in [5.41, 5.74) is 1.94. The van der Waals surface area contributed by atoms with E-state index in [1.165, 1.54) is 0 Å². The molecule has 0 unspecified atom stereocenters. The summed E-state index contributed by atoms with van der Waals surface area (Å²) in [5.74, 6) is 1.08. The van der Waals surface area contributed by atoms with Crippen molar-refractivity contribution in [2.45, 2.75) is 20.8 Å². The molecule has 0 aliphatic rings. The molecule has 0 aliphatic heterocycles. The van der Waals surface area contributed by atoms with Gasteiger partial charge < -0.3 is 10.1 Å². The molecule has 6 heteroatoms. The predicted molar refractivity (Wildman–Crippen MR) is 73.1 cm³/mol. The van der Waals surface area contributed by atoms with Gasteiger partial charge in [0.2, 0.25) is 5.95 Å². The van der Waals surface area contributed by atoms with Gasteiger partial charge in [0, 0.05) is 24.5 Å². The first kappa shape index (κ1) is 13.2. The van der Waals surface area contributed by atoms with Gasteiger partial charge in [0.1, 0.15) is 0 Å². The van der Waals surface area contributed by atoms with Crippen LogP contribution in [0.3, 0.4) is 0 Å². The fourth-order valence-corrected chi connectivity index (χ4v) is 1.61. The summed E-state index contributed by atoms with van der Waals surface area (Å²) in [6.45, 7) is 7.13. The van der Waals surface area contributed by atoms with Gasteiger partial charge >= 0.3 is 6.01 Å². The highest BCUT2D eigenvalue weighted by molar-refractivity contribution is 5.59. The number of anilines is 1. The minimum atomic E-state index is 0.326. The average Bonchev–Trinajstić information content (AvgIpc) is 2.40. The molecule has 0 atom stereocenters. The van der Waals surface area contributed by atoms with Crippen LogP contribution >= 0.6 is 0 Å². The van der Waals surface area contributed by atoms with E-state index in [0.29, 0.717) is 24.4 Å². The quantitative estimate of drug-likeness (QED) is 0.886. The second-order valence-electron chi connectivity index (χ2n) is 3.92. The lowest BCUT2D eigenvalue weighted by molar-refractivity contribution is 0.312. The van der Waals surface area contributed by atoms with Crippen molar-refractivity contribution >= 4 is 5.95 Å². The number of hydrogen-bond acceptors (Lipinski definition) is 6. The second-order valence-corrected chi connectivity index (χ2v) is 3.92. The van der Waals surface area contributed by atoms with Crippen molar-refractivity contribution in [3.8, 4) is 17.4 Å². The number of ether oxygens (including phenoxy) is 1. The fraction of sp³-hybridized carbons (Fsp3) is 0.385. The number of rotatable bonds is 5. The Hall–Kier alpha value is -2.24. The standard InChI is InChI=1S/C13H17N5O/c1-4-15-12-16-11(17-13(18-12)19-5-2)10-8-14-7-6-9(10)3/h6-8H,4-5H2,1-3H3,(H,15,16,17,18). The molecule has 0 aromatic carbocycles. The third-order valence-corrected chi connectivity index (χ3v) is 2.50. The molecule has 2 rings (SSSR count). The molecule has 0 saturated heterocycles. The number of aryl methyl sites for hydroxylation is 1. The Bertz CT molecular complexity index is 534. The van der Waals surface area contributed by atoms with Crippen molar-refractivity contribution in [3.05, 3.63) is 24.0 Å². The second kappa shape index (κ2) is 6.08. The van der Waals surface area contributed by atoms with E-state index in [4.69, 9.17) is 4.74 Å².